The first-order valence-electron chi connectivity index (χ1n) is 5.67. The molecule has 1 aliphatic rings. The van der Waals surface area contributed by atoms with Gasteiger partial charge < -0.3 is 24.6 Å². The Labute approximate surface area is 105 Å². The molecule has 0 radical (unpaired) electrons. The molecule has 1 amide bonds. The van der Waals surface area contributed by atoms with E-state index in [0.717, 1.165) is 0 Å². The quantitative estimate of drug-likeness (QED) is 0.644. The molecule has 0 unspecified atom stereocenters. The van der Waals surface area contributed by atoms with Crippen LogP contribution in [0.2, 0.25) is 0 Å². The second-order valence-corrected chi connectivity index (χ2v) is 4.24. The van der Waals surface area contributed by atoms with E-state index in [-0.39, 0.29) is 5.91 Å². The Morgan fingerprint density at radius 2 is 1.94 bits per heavy atom. The zero-order chi connectivity index (χ0) is 13.9. The highest BCUT2D eigenvalue weighted by atomic mass is 16.7. The monoisotopic (exact) mass is 261 g/mol. The molecule has 0 aromatic heterocycles. The Kier molecular flexibility index (Phi) is 5.06. The zero-order valence-corrected chi connectivity index (χ0v) is 10.9. The summed E-state index contributed by atoms with van der Waals surface area (Å²) in [5.74, 6) is -0.872. The van der Waals surface area contributed by atoms with Crippen molar-refractivity contribution in [3.8, 4) is 0 Å². The van der Waals surface area contributed by atoms with Crippen molar-refractivity contribution in [2.45, 2.75) is 51.4 Å². The van der Waals surface area contributed by atoms with Crippen molar-refractivity contribution in [1.82, 2.24) is 5.32 Å². The summed E-state index contributed by atoms with van der Waals surface area (Å²) in [4.78, 5) is 22.2. The van der Waals surface area contributed by atoms with Gasteiger partial charge in [-0.2, -0.15) is 0 Å². The number of aliphatic hydroxyl groups excluding tert-OH is 1. The third-order valence-electron chi connectivity index (χ3n) is 2.72. The fourth-order valence-corrected chi connectivity index (χ4v) is 1.94. The van der Waals surface area contributed by atoms with Crippen LogP contribution < -0.4 is 5.32 Å². The van der Waals surface area contributed by atoms with E-state index in [2.05, 4.69) is 5.32 Å². The molecule has 0 bridgehead atoms. The van der Waals surface area contributed by atoms with Crippen LogP contribution in [0.15, 0.2) is 0 Å². The maximum Gasteiger partial charge on any atom is 0.303 e. The molecule has 1 aliphatic heterocycles. The average Bonchev–Trinajstić information content (AvgIpc) is 2.27. The van der Waals surface area contributed by atoms with E-state index < -0.39 is 36.6 Å². The Morgan fingerprint density at radius 3 is 2.39 bits per heavy atom. The number of aliphatic hydroxyl groups is 1. The second kappa shape index (κ2) is 6.12. The molecule has 5 atom stereocenters. The number of hydrogen-bond donors (Lipinski definition) is 2. The van der Waals surface area contributed by atoms with Crippen LogP contribution in [0.5, 0.6) is 0 Å². The third kappa shape index (κ3) is 3.41. The van der Waals surface area contributed by atoms with Crippen molar-refractivity contribution in [2.24, 2.45) is 0 Å². The Morgan fingerprint density at radius 1 is 1.33 bits per heavy atom. The summed E-state index contributed by atoms with van der Waals surface area (Å²) in [7, 11) is 1.40. The molecule has 0 saturated carbocycles. The van der Waals surface area contributed by atoms with Gasteiger partial charge in [-0.15, -0.1) is 0 Å². The van der Waals surface area contributed by atoms with Crippen LogP contribution in [-0.4, -0.2) is 54.7 Å². The lowest BCUT2D eigenvalue weighted by Crippen LogP contribution is -2.64. The van der Waals surface area contributed by atoms with E-state index in [1.165, 1.54) is 21.0 Å². The first-order valence-corrected chi connectivity index (χ1v) is 5.67. The van der Waals surface area contributed by atoms with Crippen molar-refractivity contribution in [3.63, 3.8) is 0 Å². The van der Waals surface area contributed by atoms with Gasteiger partial charge in [0.05, 0.1) is 12.1 Å². The van der Waals surface area contributed by atoms with E-state index in [1.54, 1.807) is 6.92 Å². The first kappa shape index (κ1) is 14.9. The molecule has 104 valence electrons. The number of carbonyl (C=O) groups is 2. The van der Waals surface area contributed by atoms with E-state index in [0.29, 0.717) is 0 Å². The lowest BCUT2D eigenvalue weighted by atomic mass is 9.96. The molecule has 0 aromatic rings. The Balaban J connectivity index is 2.92. The second-order valence-electron chi connectivity index (χ2n) is 4.24. The largest absolute Gasteiger partial charge is 0.455 e. The third-order valence-corrected chi connectivity index (χ3v) is 2.72. The molecule has 1 rings (SSSR count). The highest BCUT2D eigenvalue weighted by Crippen LogP contribution is 2.24. The minimum Gasteiger partial charge on any atom is -0.455 e. The summed E-state index contributed by atoms with van der Waals surface area (Å²) in [5.41, 5.74) is 0. The Hall–Kier alpha value is -1.18. The summed E-state index contributed by atoms with van der Waals surface area (Å²) < 4.78 is 15.5. The number of methoxy groups -OCH3 is 1. The van der Waals surface area contributed by atoms with Gasteiger partial charge in [0, 0.05) is 21.0 Å². The van der Waals surface area contributed by atoms with Gasteiger partial charge in [-0.3, -0.25) is 9.59 Å². The lowest BCUT2D eigenvalue weighted by molar-refractivity contribution is -0.266. The van der Waals surface area contributed by atoms with E-state index in [9.17, 15) is 14.7 Å². The summed E-state index contributed by atoms with van der Waals surface area (Å²) in [5, 5.41) is 12.6. The minimum atomic E-state index is -0.982. The number of amides is 1. The number of hydrogen-bond acceptors (Lipinski definition) is 6. The van der Waals surface area contributed by atoms with Crippen molar-refractivity contribution in [2.75, 3.05) is 7.11 Å². The SMILES string of the molecule is CO[C@@H]1O[C@H](C)[C@H](O)[C@H](NC(C)=O)[C@H]1OC(C)=O. The molecule has 1 saturated heterocycles. The van der Waals surface area contributed by atoms with Gasteiger partial charge in [-0.05, 0) is 6.92 Å². The van der Waals surface area contributed by atoms with Gasteiger partial charge in [0.15, 0.2) is 12.4 Å². The summed E-state index contributed by atoms with van der Waals surface area (Å²) in [6.07, 6.45) is -3.24. The summed E-state index contributed by atoms with van der Waals surface area (Å²) in [6, 6.07) is -0.764. The van der Waals surface area contributed by atoms with E-state index >= 15 is 0 Å². The average molecular weight is 261 g/mol. The molecular formula is C11H19NO6. The zero-order valence-electron chi connectivity index (χ0n) is 10.9. The molecule has 1 fully saturated rings. The van der Waals surface area contributed by atoms with Gasteiger partial charge >= 0.3 is 5.97 Å². The van der Waals surface area contributed by atoms with Crippen LogP contribution in [-0.2, 0) is 23.8 Å². The van der Waals surface area contributed by atoms with Crippen LogP contribution >= 0.6 is 0 Å². The minimum absolute atomic E-state index is 0.333. The molecule has 1 heterocycles. The van der Waals surface area contributed by atoms with E-state index in [1.807, 2.05) is 0 Å². The van der Waals surface area contributed by atoms with Gasteiger partial charge in [0.25, 0.3) is 0 Å². The van der Waals surface area contributed by atoms with Crippen molar-refractivity contribution in [3.05, 3.63) is 0 Å². The van der Waals surface area contributed by atoms with E-state index in [4.69, 9.17) is 14.2 Å². The van der Waals surface area contributed by atoms with Crippen LogP contribution in [0.1, 0.15) is 20.8 Å². The van der Waals surface area contributed by atoms with Crippen LogP contribution in [0.3, 0.4) is 0 Å². The van der Waals surface area contributed by atoms with Gasteiger partial charge in [-0.25, -0.2) is 0 Å². The van der Waals surface area contributed by atoms with Crippen LogP contribution in [0.4, 0.5) is 0 Å². The first-order chi connectivity index (χ1) is 8.36. The maximum atomic E-state index is 11.1. The standard InChI is InChI=1S/C11H19NO6/c1-5-9(15)8(12-6(2)13)10(18-7(3)14)11(16-4)17-5/h5,8-11,15H,1-4H3,(H,12,13)/t5-,8+,9+,10-,11-/m1/s1. The molecule has 7 nitrogen and oxygen atoms in total. The molecule has 0 aliphatic carbocycles. The molecule has 0 aromatic carbocycles. The van der Waals surface area contributed by atoms with Crippen molar-refractivity contribution >= 4 is 11.9 Å². The fourth-order valence-electron chi connectivity index (χ4n) is 1.94. The number of carbonyl (C=O) groups excluding carboxylic acids is 2. The molecule has 2 N–H and O–H groups in total. The number of nitrogens with one attached hydrogen (secondary N) is 1. The maximum absolute atomic E-state index is 11.1. The highest BCUT2D eigenvalue weighted by molar-refractivity contribution is 5.73. The Bertz CT molecular complexity index is 305. The highest BCUT2D eigenvalue weighted by Gasteiger charge is 2.46. The predicted molar refractivity (Wildman–Crippen MR) is 60.5 cm³/mol. The topological polar surface area (TPSA) is 94.1 Å². The smallest absolute Gasteiger partial charge is 0.303 e. The summed E-state index contributed by atoms with van der Waals surface area (Å²) >= 11 is 0. The molecule has 18 heavy (non-hydrogen) atoms. The lowest BCUT2D eigenvalue weighted by Gasteiger charge is -2.42. The summed E-state index contributed by atoms with van der Waals surface area (Å²) in [6.45, 7) is 4.21. The predicted octanol–water partition coefficient (Wildman–Crippen LogP) is -0.825. The number of rotatable bonds is 3. The molecular weight excluding hydrogens is 242 g/mol. The van der Waals surface area contributed by atoms with Crippen molar-refractivity contribution < 1.29 is 28.9 Å². The van der Waals surface area contributed by atoms with Gasteiger partial charge in [0.1, 0.15) is 6.10 Å². The fraction of sp³-hybridized carbons (Fsp3) is 0.818. The van der Waals surface area contributed by atoms with Gasteiger partial charge in [-0.1, -0.05) is 0 Å². The molecule has 0 spiro atoms. The normalized spacial score (nSPS) is 35.9. The van der Waals surface area contributed by atoms with Crippen LogP contribution in [0, 0.1) is 0 Å². The van der Waals surface area contributed by atoms with Crippen molar-refractivity contribution in [1.29, 1.82) is 0 Å². The van der Waals surface area contributed by atoms with Gasteiger partial charge in [0.2, 0.25) is 5.91 Å². The molecule has 7 heteroatoms. The van der Waals surface area contributed by atoms with Crippen LogP contribution in [0.25, 0.3) is 0 Å². The number of ether oxygens (including phenoxy) is 3. The number of esters is 1.